The summed E-state index contributed by atoms with van der Waals surface area (Å²) >= 11 is 0. The van der Waals surface area contributed by atoms with Crippen molar-refractivity contribution in [3.63, 3.8) is 0 Å². The van der Waals surface area contributed by atoms with Crippen LogP contribution in [0.5, 0.6) is 0 Å². The fourth-order valence-corrected chi connectivity index (χ4v) is 3.19. The van der Waals surface area contributed by atoms with Crippen LogP contribution >= 0.6 is 0 Å². The Morgan fingerprint density at radius 3 is 1.89 bits per heavy atom. The summed E-state index contributed by atoms with van der Waals surface area (Å²) < 4.78 is 0. The maximum absolute atomic E-state index is 2.32. The minimum Gasteiger partial charge on any atom is -0.311 e. The third kappa shape index (κ3) is 4.57. The molecule has 0 saturated carbocycles. The van der Waals surface area contributed by atoms with Crippen molar-refractivity contribution in [2.75, 3.05) is 4.90 Å². The van der Waals surface area contributed by atoms with Crippen molar-refractivity contribution in [3.8, 4) is 11.1 Å². The standard InChI is InChI=1S/C26H27N/c1-4-9-24(10-5-2)27(25-17-13-21(3)14-18-25)26-19-15-23(16-20-26)22-11-7-6-8-12-22/h4,6-20H,5H2,1-3H3/b9-4-,24-10+. The van der Waals surface area contributed by atoms with Gasteiger partial charge in [0, 0.05) is 17.1 Å². The molecular formula is C26H27N. The second kappa shape index (κ2) is 9.05. The van der Waals surface area contributed by atoms with Gasteiger partial charge in [-0.2, -0.15) is 0 Å². The highest BCUT2D eigenvalue weighted by molar-refractivity contribution is 5.73. The van der Waals surface area contributed by atoms with Gasteiger partial charge in [0.05, 0.1) is 0 Å². The van der Waals surface area contributed by atoms with Gasteiger partial charge in [0.25, 0.3) is 0 Å². The number of nitrogens with zero attached hydrogens (tertiary/aromatic N) is 1. The topological polar surface area (TPSA) is 3.24 Å². The number of hydrogen-bond acceptors (Lipinski definition) is 1. The Balaban J connectivity index is 2.04. The van der Waals surface area contributed by atoms with Gasteiger partial charge in [-0.1, -0.05) is 79.2 Å². The first-order chi connectivity index (χ1) is 13.2. The lowest BCUT2D eigenvalue weighted by Gasteiger charge is -2.27. The summed E-state index contributed by atoms with van der Waals surface area (Å²) in [5.74, 6) is 0. The van der Waals surface area contributed by atoms with E-state index in [1.807, 2.05) is 0 Å². The molecule has 0 bridgehead atoms. The van der Waals surface area contributed by atoms with E-state index < -0.39 is 0 Å². The van der Waals surface area contributed by atoms with E-state index in [0.29, 0.717) is 0 Å². The zero-order chi connectivity index (χ0) is 19.1. The van der Waals surface area contributed by atoms with Crippen LogP contribution in [-0.2, 0) is 0 Å². The minimum atomic E-state index is 0.990. The summed E-state index contributed by atoms with van der Waals surface area (Å²) in [6.45, 7) is 6.36. The normalized spacial score (nSPS) is 11.7. The molecule has 27 heavy (non-hydrogen) atoms. The molecular weight excluding hydrogens is 326 g/mol. The van der Waals surface area contributed by atoms with Gasteiger partial charge in [-0.3, -0.25) is 0 Å². The minimum absolute atomic E-state index is 0.990. The maximum atomic E-state index is 2.32. The smallest absolute Gasteiger partial charge is 0.0461 e. The molecule has 3 aromatic carbocycles. The van der Waals surface area contributed by atoms with E-state index >= 15 is 0 Å². The fraction of sp³-hybridized carbons (Fsp3) is 0.154. The predicted octanol–water partition coefficient (Wildman–Crippen LogP) is 7.67. The van der Waals surface area contributed by atoms with E-state index in [-0.39, 0.29) is 0 Å². The van der Waals surface area contributed by atoms with Crippen molar-refractivity contribution < 1.29 is 0 Å². The average molecular weight is 354 g/mol. The summed E-state index contributed by atoms with van der Waals surface area (Å²) in [6.07, 6.45) is 7.53. The number of rotatable bonds is 6. The van der Waals surface area contributed by atoms with Gasteiger partial charge < -0.3 is 4.90 Å². The molecule has 0 unspecified atom stereocenters. The highest BCUT2D eigenvalue weighted by atomic mass is 15.1. The van der Waals surface area contributed by atoms with Crippen LogP contribution in [0.25, 0.3) is 11.1 Å². The molecule has 1 nitrogen and oxygen atoms in total. The summed E-state index contributed by atoms with van der Waals surface area (Å²) in [6, 6.07) is 28.0. The van der Waals surface area contributed by atoms with Crippen molar-refractivity contribution in [1.82, 2.24) is 0 Å². The lowest BCUT2D eigenvalue weighted by Crippen LogP contribution is -2.15. The van der Waals surface area contributed by atoms with Crippen LogP contribution in [0.15, 0.2) is 103 Å². The molecule has 0 aliphatic rings. The summed E-state index contributed by atoms with van der Waals surface area (Å²) in [5, 5.41) is 0. The van der Waals surface area contributed by atoms with Crippen molar-refractivity contribution >= 4 is 11.4 Å². The number of allylic oxidation sites excluding steroid dienone is 3. The molecule has 1 heteroatoms. The molecule has 0 radical (unpaired) electrons. The molecule has 0 atom stereocenters. The van der Waals surface area contributed by atoms with E-state index in [0.717, 1.165) is 12.1 Å². The van der Waals surface area contributed by atoms with E-state index in [4.69, 9.17) is 0 Å². The molecule has 3 aromatic rings. The molecule has 3 rings (SSSR count). The highest BCUT2D eigenvalue weighted by Gasteiger charge is 2.13. The zero-order valence-corrected chi connectivity index (χ0v) is 16.4. The fourth-order valence-electron chi connectivity index (χ4n) is 3.19. The first-order valence-electron chi connectivity index (χ1n) is 9.58. The van der Waals surface area contributed by atoms with Crippen LogP contribution < -0.4 is 4.90 Å². The Kier molecular flexibility index (Phi) is 6.27. The van der Waals surface area contributed by atoms with Gasteiger partial charge in [0.1, 0.15) is 0 Å². The van der Waals surface area contributed by atoms with E-state index in [1.165, 1.54) is 28.1 Å². The summed E-state index contributed by atoms with van der Waals surface area (Å²) in [4.78, 5) is 2.32. The molecule has 0 fully saturated rings. The molecule has 0 heterocycles. The molecule has 0 N–H and O–H groups in total. The van der Waals surface area contributed by atoms with Crippen LogP contribution in [0.3, 0.4) is 0 Å². The van der Waals surface area contributed by atoms with Crippen molar-refractivity contribution in [2.24, 2.45) is 0 Å². The summed E-state index contributed by atoms with van der Waals surface area (Å²) in [5.41, 5.74) is 7.27. The molecule has 0 aromatic heterocycles. The second-order valence-electron chi connectivity index (χ2n) is 6.62. The zero-order valence-electron chi connectivity index (χ0n) is 16.4. The van der Waals surface area contributed by atoms with Crippen LogP contribution in [0, 0.1) is 6.92 Å². The van der Waals surface area contributed by atoms with Gasteiger partial charge in [-0.25, -0.2) is 0 Å². The van der Waals surface area contributed by atoms with Crippen LogP contribution in [0.4, 0.5) is 11.4 Å². The number of anilines is 2. The van der Waals surface area contributed by atoms with Crippen molar-refractivity contribution in [2.45, 2.75) is 27.2 Å². The SMILES string of the molecule is C/C=C\C(=C/CC)N(c1ccc(C)cc1)c1ccc(-c2ccccc2)cc1. The summed E-state index contributed by atoms with van der Waals surface area (Å²) in [7, 11) is 0. The van der Waals surface area contributed by atoms with E-state index in [9.17, 15) is 0 Å². The van der Waals surface area contributed by atoms with Crippen LogP contribution in [0.2, 0.25) is 0 Å². The van der Waals surface area contributed by atoms with E-state index in [1.54, 1.807) is 0 Å². The number of benzene rings is 3. The first-order valence-corrected chi connectivity index (χ1v) is 9.58. The molecule has 0 amide bonds. The lowest BCUT2D eigenvalue weighted by molar-refractivity contribution is 1.13. The third-order valence-electron chi connectivity index (χ3n) is 4.53. The molecule has 0 saturated heterocycles. The Bertz CT molecular complexity index is 901. The molecule has 136 valence electrons. The third-order valence-corrected chi connectivity index (χ3v) is 4.53. The average Bonchev–Trinajstić information content (AvgIpc) is 2.71. The quantitative estimate of drug-likeness (QED) is 0.411. The Labute approximate surface area is 163 Å². The van der Waals surface area contributed by atoms with Gasteiger partial charge in [-0.15, -0.1) is 0 Å². The monoisotopic (exact) mass is 353 g/mol. The molecule has 0 aliphatic heterocycles. The lowest BCUT2D eigenvalue weighted by atomic mass is 10.0. The van der Waals surface area contributed by atoms with Crippen molar-refractivity contribution in [3.05, 3.63) is 108 Å². The largest absolute Gasteiger partial charge is 0.311 e. The number of hydrogen-bond donors (Lipinski definition) is 0. The maximum Gasteiger partial charge on any atom is 0.0461 e. The Hall–Kier alpha value is -3.06. The highest BCUT2D eigenvalue weighted by Crippen LogP contribution is 2.32. The first kappa shape index (κ1) is 18.7. The Morgan fingerprint density at radius 1 is 0.778 bits per heavy atom. The van der Waals surface area contributed by atoms with Crippen LogP contribution in [-0.4, -0.2) is 0 Å². The van der Waals surface area contributed by atoms with Crippen LogP contribution in [0.1, 0.15) is 25.8 Å². The van der Waals surface area contributed by atoms with Gasteiger partial charge in [0.15, 0.2) is 0 Å². The molecule has 0 spiro atoms. The number of aryl methyl sites for hydroxylation is 1. The van der Waals surface area contributed by atoms with Gasteiger partial charge in [-0.05, 0) is 61.7 Å². The molecule has 0 aliphatic carbocycles. The second-order valence-corrected chi connectivity index (χ2v) is 6.62. The Morgan fingerprint density at radius 2 is 1.33 bits per heavy atom. The van der Waals surface area contributed by atoms with E-state index in [2.05, 4.69) is 123 Å². The predicted molar refractivity (Wildman–Crippen MR) is 118 cm³/mol. The van der Waals surface area contributed by atoms with Gasteiger partial charge in [0.2, 0.25) is 0 Å². The van der Waals surface area contributed by atoms with Crippen molar-refractivity contribution in [1.29, 1.82) is 0 Å². The van der Waals surface area contributed by atoms with Gasteiger partial charge >= 0.3 is 0 Å².